The number of carbonyl (C=O) groups excluding carboxylic acids is 2. The van der Waals surface area contributed by atoms with E-state index in [1.54, 1.807) is 24.3 Å². The molecule has 37 heavy (non-hydrogen) atoms. The Hall–Kier alpha value is -4.07. The summed E-state index contributed by atoms with van der Waals surface area (Å²) in [6, 6.07) is 7.26. The zero-order chi connectivity index (χ0) is 26.5. The molecule has 0 bridgehead atoms. The van der Waals surface area contributed by atoms with Crippen molar-refractivity contribution in [2.24, 2.45) is 0 Å². The molecule has 3 heterocycles. The number of aryl methyl sites for hydroxylation is 1. The number of furan rings is 1. The molecule has 1 aliphatic rings. The van der Waals surface area contributed by atoms with Crippen LogP contribution in [0.5, 0.6) is 5.75 Å². The Morgan fingerprint density at radius 3 is 2.68 bits per heavy atom. The number of oxazole rings is 1. The van der Waals surface area contributed by atoms with Crippen molar-refractivity contribution in [1.82, 2.24) is 9.88 Å². The normalized spacial score (nSPS) is 13.5. The number of hydrogen-bond acceptors (Lipinski definition) is 7. The Bertz CT molecular complexity index is 1340. The minimum absolute atomic E-state index is 0.0384. The van der Waals surface area contributed by atoms with Crippen LogP contribution in [-0.2, 0) is 29.1 Å². The highest BCUT2D eigenvalue weighted by molar-refractivity contribution is 5.88. The minimum atomic E-state index is -0.550. The average molecular weight is 505 g/mol. The fraction of sp³-hybridized carbons (Fsp3) is 0.345. The summed E-state index contributed by atoms with van der Waals surface area (Å²) in [7, 11) is 1.31. The molecule has 1 aromatic carbocycles. The molecule has 0 atom stereocenters. The van der Waals surface area contributed by atoms with E-state index in [2.05, 4.69) is 4.98 Å². The van der Waals surface area contributed by atoms with Crippen molar-refractivity contribution in [3.05, 3.63) is 82.8 Å². The molecule has 0 N–H and O–H groups in total. The second-order valence-corrected chi connectivity index (χ2v) is 9.17. The van der Waals surface area contributed by atoms with Crippen LogP contribution in [0.1, 0.15) is 65.7 Å². The first-order valence-corrected chi connectivity index (χ1v) is 12.3. The molecule has 3 aromatic rings. The van der Waals surface area contributed by atoms with Gasteiger partial charge in [0.05, 0.1) is 12.7 Å². The predicted octanol–water partition coefficient (Wildman–Crippen LogP) is 5.75. The van der Waals surface area contributed by atoms with E-state index < -0.39 is 5.97 Å². The zero-order valence-electron chi connectivity index (χ0n) is 21.9. The number of ether oxygens (including phenoxy) is 2. The van der Waals surface area contributed by atoms with Crippen molar-refractivity contribution in [3.63, 3.8) is 0 Å². The van der Waals surface area contributed by atoms with E-state index >= 15 is 0 Å². The van der Waals surface area contributed by atoms with E-state index in [4.69, 9.17) is 18.3 Å². The summed E-state index contributed by atoms with van der Waals surface area (Å²) in [5.74, 6) is 2.11. The van der Waals surface area contributed by atoms with E-state index in [0.717, 1.165) is 11.1 Å². The molecule has 8 nitrogen and oxygen atoms in total. The van der Waals surface area contributed by atoms with Crippen molar-refractivity contribution in [2.45, 2.75) is 53.2 Å². The fourth-order valence-corrected chi connectivity index (χ4v) is 4.11. The maximum absolute atomic E-state index is 12.7. The monoisotopic (exact) mass is 504 g/mol. The van der Waals surface area contributed by atoms with Crippen molar-refractivity contribution in [1.29, 1.82) is 0 Å². The van der Waals surface area contributed by atoms with Crippen LogP contribution in [-0.4, -0.2) is 35.4 Å². The summed E-state index contributed by atoms with van der Waals surface area (Å²) in [6.07, 6.45) is 7.72. The van der Waals surface area contributed by atoms with Gasteiger partial charge in [-0.05, 0) is 55.7 Å². The van der Waals surface area contributed by atoms with Crippen molar-refractivity contribution >= 4 is 11.9 Å². The molecule has 0 radical (unpaired) electrons. The minimum Gasteiger partial charge on any atom is -0.486 e. The maximum atomic E-state index is 12.7. The number of hydrogen-bond donors (Lipinski definition) is 0. The molecule has 0 spiro atoms. The van der Waals surface area contributed by atoms with Gasteiger partial charge >= 0.3 is 5.97 Å². The number of benzene rings is 1. The third kappa shape index (κ3) is 5.85. The molecule has 8 heteroatoms. The van der Waals surface area contributed by atoms with Crippen LogP contribution < -0.4 is 4.74 Å². The molecule has 0 saturated heterocycles. The van der Waals surface area contributed by atoms with E-state index in [1.165, 1.54) is 7.11 Å². The third-order valence-electron chi connectivity index (χ3n) is 6.19. The van der Waals surface area contributed by atoms with Gasteiger partial charge in [-0.1, -0.05) is 32.1 Å². The van der Waals surface area contributed by atoms with Crippen LogP contribution in [0.15, 0.2) is 57.4 Å². The Kier molecular flexibility index (Phi) is 7.96. The lowest BCUT2D eigenvalue weighted by atomic mass is 9.95. The smallest absolute Gasteiger partial charge is 0.373 e. The van der Waals surface area contributed by atoms with Crippen LogP contribution in [0.4, 0.5) is 0 Å². The number of nitrogens with zero attached hydrogens (tertiary/aromatic N) is 2. The number of carbonyl (C=O) groups is 2. The van der Waals surface area contributed by atoms with Crippen molar-refractivity contribution < 1.29 is 27.9 Å². The highest BCUT2D eigenvalue weighted by Crippen LogP contribution is 2.37. The first-order valence-electron chi connectivity index (χ1n) is 12.3. The Morgan fingerprint density at radius 1 is 1.16 bits per heavy atom. The standard InChI is InChI=1S/C29H32N2O6/c1-6-7-8-9-27(32)31-13-12-20-14-22(24-10-11-25(37-24)29(33)34-5)26(15-21(20)16-31)35-17-23-19(4)36-28(30-23)18(2)3/h6-11,14-15,18H,12-13,16-17H2,1-5H3/b7-6+,9-8+. The van der Waals surface area contributed by atoms with Gasteiger partial charge < -0.3 is 23.2 Å². The van der Waals surface area contributed by atoms with Gasteiger partial charge in [0, 0.05) is 25.1 Å². The van der Waals surface area contributed by atoms with Gasteiger partial charge in [-0.15, -0.1) is 0 Å². The molecule has 4 rings (SSSR count). The van der Waals surface area contributed by atoms with Crippen molar-refractivity contribution in [3.8, 4) is 17.1 Å². The second-order valence-electron chi connectivity index (χ2n) is 9.17. The van der Waals surface area contributed by atoms with E-state index in [9.17, 15) is 9.59 Å². The highest BCUT2D eigenvalue weighted by Gasteiger charge is 2.24. The van der Waals surface area contributed by atoms with E-state index in [0.29, 0.717) is 53.9 Å². The van der Waals surface area contributed by atoms with Gasteiger partial charge in [-0.25, -0.2) is 9.78 Å². The predicted molar refractivity (Wildman–Crippen MR) is 138 cm³/mol. The van der Waals surface area contributed by atoms with Gasteiger partial charge in [0.25, 0.3) is 0 Å². The number of amides is 1. The first-order chi connectivity index (χ1) is 17.8. The molecular formula is C29H32N2O6. The summed E-state index contributed by atoms with van der Waals surface area (Å²) >= 11 is 0. The van der Waals surface area contributed by atoms with Crippen LogP contribution in [0.2, 0.25) is 0 Å². The van der Waals surface area contributed by atoms with Crippen LogP contribution in [0, 0.1) is 6.92 Å². The molecular weight excluding hydrogens is 472 g/mol. The SMILES string of the molecule is C/C=C/C=C/C(=O)N1CCc2cc(-c3ccc(C(=O)OC)o3)c(OCc3nc(C(C)C)oc3C)cc2C1. The number of aromatic nitrogens is 1. The topological polar surface area (TPSA) is 95.0 Å². The van der Waals surface area contributed by atoms with Crippen LogP contribution in [0.3, 0.4) is 0 Å². The van der Waals surface area contributed by atoms with Gasteiger partial charge in [0.15, 0.2) is 5.89 Å². The molecule has 2 aromatic heterocycles. The molecule has 0 unspecified atom stereocenters. The molecule has 194 valence electrons. The van der Waals surface area contributed by atoms with Crippen LogP contribution in [0.25, 0.3) is 11.3 Å². The largest absolute Gasteiger partial charge is 0.486 e. The summed E-state index contributed by atoms with van der Waals surface area (Å²) in [6.45, 7) is 9.09. The summed E-state index contributed by atoms with van der Waals surface area (Å²) < 4.78 is 22.6. The Morgan fingerprint density at radius 2 is 1.97 bits per heavy atom. The number of methoxy groups -OCH3 is 1. The number of esters is 1. The van der Waals surface area contributed by atoms with Gasteiger partial charge in [0.2, 0.25) is 11.7 Å². The van der Waals surface area contributed by atoms with Gasteiger partial charge in [-0.2, -0.15) is 0 Å². The molecule has 0 aliphatic carbocycles. The Balaban J connectivity index is 1.66. The molecule has 0 saturated carbocycles. The quantitative estimate of drug-likeness (QED) is 0.219. The summed E-state index contributed by atoms with van der Waals surface area (Å²) in [4.78, 5) is 31.0. The second kappa shape index (κ2) is 11.3. The van der Waals surface area contributed by atoms with E-state index in [1.807, 2.05) is 56.9 Å². The summed E-state index contributed by atoms with van der Waals surface area (Å²) in [5, 5.41) is 0. The highest BCUT2D eigenvalue weighted by atomic mass is 16.5. The number of fused-ring (bicyclic) bond motifs is 1. The first kappa shape index (κ1) is 26.0. The molecule has 1 aliphatic heterocycles. The zero-order valence-corrected chi connectivity index (χ0v) is 21.9. The van der Waals surface area contributed by atoms with Crippen molar-refractivity contribution in [2.75, 3.05) is 13.7 Å². The molecule has 0 fully saturated rings. The van der Waals surface area contributed by atoms with Gasteiger partial charge in [0.1, 0.15) is 29.6 Å². The number of allylic oxidation sites excluding steroid dienone is 3. The van der Waals surface area contributed by atoms with Crippen LogP contribution >= 0.6 is 0 Å². The fourth-order valence-electron chi connectivity index (χ4n) is 4.11. The maximum Gasteiger partial charge on any atom is 0.373 e. The lowest BCUT2D eigenvalue weighted by Gasteiger charge is -2.29. The lowest BCUT2D eigenvalue weighted by Crippen LogP contribution is -2.34. The van der Waals surface area contributed by atoms with E-state index in [-0.39, 0.29) is 24.2 Å². The Labute approximate surface area is 216 Å². The van der Waals surface area contributed by atoms with Gasteiger partial charge in [-0.3, -0.25) is 4.79 Å². The average Bonchev–Trinajstić information content (AvgIpc) is 3.53. The third-order valence-corrected chi connectivity index (χ3v) is 6.19. The summed E-state index contributed by atoms with van der Waals surface area (Å²) in [5.41, 5.74) is 3.52. The lowest BCUT2D eigenvalue weighted by molar-refractivity contribution is -0.126. The molecule has 1 amide bonds. The number of rotatable bonds is 8.